The molecule has 1 aromatic carbocycles. The predicted octanol–water partition coefficient (Wildman–Crippen LogP) is 4.41. The number of hydrogen-bond acceptors (Lipinski definition) is 1. The van der Waals surface area contributed by atoms with Gasteiger partial charge in [0, 0.05) is 5.54 Å². The largest absolute Gasteiger partial charge is 0.321 e. The van der Waals surface area contributed by atoms with Crippen LogP contribution in [0.5, 0.6) is 0 Å². The molecular weight excluding hydrogens is 230 g/mol. The molecule has 0 saturated heterocycles. The standard InChI is InChI=1S/C18H25N/c1-13(2)16-10-11-18(19,14(3)4)12-17(16)15-8-6-5-7-9-15/h5-11,13-14H,12,19H2,1-4H3. The molecule has 1 aliphatic rings. The summed E-state index contributed by atoms with van der Waals surface area (Å²) in [6, 6.07) is 10.7. The highest BCUT2D eigenvalue weighted by Crippen LogP contribution is 2.38. The monoisotopic (exact) mass is 255 g/mol. The van der Waals surface area contributed by atoms with Crippen molar-refractivity contribution in [1.82, 2.24) is 0 Å². The second kappa shape index (κ2) is 5.34. The molecule has 19 heavy (non-hydrogen) atoms. The van der Waals surface area contributed by atoms with E-state index in [0.717, 1.165) is 6.42 Å². The van der Waals surface area contributed by atoms with Crippen LogP contribution >= 0.6 is 0 Å². The third-order valence-corrected chi connectivity index (χ3v) is 4.22. The second-order valence-electron chi connectivity index (χ2n) is 6.23. The van der Waals surface area contributed by atoms with Crippen molar-refractivity contribution in [2.45, 2.75) is 39.7 Å². The number of rotatable bonds is 3. The van der Waals surface area contributed by atoms with Crippen molar-refractivity contribution in [3.05, 3.63) is 53.6 Å². The van der Waals surface area contributed by atoms with Crippen LogP contribution in [0.25, 0.3) is 5.57 Å². The summed E-state index contributed by atoms with van der Waals surface area (Å²) < 4.78 is 0. The van der Waals surface area contributed by atoms with Crippen LogP contribution < -0.4 is 5.73 Å². The molecule has 0 amide bonds. The van der Waals surface area contributed by atoms with Gasteiger partial charge in [0.15, 0.2) is 0 Å². The van der Waals surface area contributed by atoms with Crippen molar-refractivity contribution in [3.63, 3.8) is 0 Å². The van der Waals surface area contributed by atoms with E-state index in [1.807, 2.05) is 0 Å². The average Bonchev–Trinajstić information content (AvgIpc) is 2.39. The van der Waals surface area contributed by atoms with E-state index in [2.05, 4.69) is 70.2 Å². The normalized spacial score (nSPS) is 23.5. The van der Waals surface area contributed by atoms with Gasteiger partial charge in [-0.15, -0.1) is 0 Å². The van der Waals surface area contributed by atoms with E-state index in [4.69, 9.17) is 5.73 Å². The quantitative estimate of drug-likeness (QED) is 0.850. The van der Waals surface area contributed by atoms with Gasteiger partial charge in [-0.2, -0.15) is 0 Å². The van der Waals surface area contributed by atoms with Crippen molar-refractivity contribution in [1.29, 1.82) is 0 Å². The van der Waals surface area contributed by atoms with E-state index in [1.54, 1.807) is 0 Å². The summed E-state index contributed by atoms with van der Waals surface area (Å²) in [6.45, 7) is 8.91. The van der Waals surface area contributed by atoms with Crippen molar-refractivity contribution in [2.75, 3.05) is 0 Å². The Morgan fingerprint density at radius 1 is 1.05 bits per heavy atom. The highest BCUT2D eigenvalue weighted by Gasteiger charge is 2.31. The number of benzene rings is 1. The molecule has 0 saturated carbocycles. The Morgan fingerprint density at radius 3 is 2.21 bits per heavy atom. The molecule has 0 heterocycles. The zero-order valence-electron chi connectivity index (χ0n) is 12.5. The lowest BCUT2D eigenvalue weighted by molar-refractivity contribution is 0.388. The van der Waals surface area contributed by atoms with E-state index in [9.17, 15) is 0 Å². The van der Waals surface area contributed by atoms with Crippen LogP contribution in [0.4, 0.5) is 0 Å². The molecule has 0 fully saturated rings. The molecule has 1 nitrogen and oxygen atoms in total. The van der Waals surface area contributed by atoms with Crippen LogP contribution in [0.3, 0.4) is 0 Å². The maximum absolute atomic E-state index is 6.57. The molecule has 102 valence electrons. The summed E-state index contributed by atoms with van der Waals surface area (Å²) in [4.78, 5) is 0. The molecule has 1 atom stereocenters. The second-order valence-corrected chi connectivity index (χ2v) is 6.23. The predicted molar refractivity (Wildman–Crippen MR) is 83.7 cm³/mol. The topological polar surface area (TPSA) is 26.0 Å². The maximum atomic E-state index is 6.57. The van der Waals surface area contributed by atoms with Gasteiger partial charge in [0.05, 0.1) is 0 Å². The van der Waals surface area contributed by atoms with Crippen LogP contribution in [-0.4, -0.2) is 5.54 Å². The first-order valence-corrected chi connectivity index (χ1v) is 7.20. The Balaban J connectivity index is 2.47. The summed E-state index contributed by atoms with van der Waals surface area (Å²) in [7, 11) is 0. The van der Waals surface area contributed by atoms with Gasteiger partial charge >= 0.3 is 0 Å². The molecule has 0 aliphatic heterocycles. The Bertz CT molecular complexity index is 494. The third kappa shape index (κ3) is 2.82. The molecule has 1 heteroatoms. The van der Waals surface area contributed by atoms with Crippen LogP contribution in [0.1, 0.15) is 39.7 Å². The third-order valence-electron chi connectivity index (χ3n) is 4.22. The first-order valence-electron chi connectivity index (χ1n) is 7.20. The zero-order chi connectivity index (χ0) is 14.0. The summed E-state index contributed by atoms with van der Waals surface area (Å²) in [5, 5.41) is 0. The zero-order valence-corrected chi connectivity index (χ0v) is 12.5. The van der Waals surface area contributed by atoms with Crippen LogP contribution in [0.2, 0.25) is 0 Å². The van der Waals surface area contributed by atoms with E-state index in [-0.39, 0.29) is 5.54 Å². The van der Waals surface area contributed by atoms with Crippen molar-refractivity contribution in [2.24, 2.45) is 17.6 Å². The lowest BCUT2D eigenvalue weighted by Crippen LogP contribution is -2.44. The van der Waals surface area contributed by atoms with Crippen LogP contribution in [0, 0.1) is 11.8 Å². The molecule has 1 aliphatic carbocycles. The van der Waals surface area contributed by atoms with Crippen molar-refractivity contribution in [3.8, 4) is 0 Å². The Hall–Kier alpha value is -1.34. The lowest BCUT2D eigenvalue weighted by atomic mass is 9.73. The Morgan fingerprint density at radius 2 is 1.68 bits per heavy atom. The Kier molecular flexibility index (Phi) is 3.96. The highest BCUT2D eigenvalue weighted by molar-refractivity contribution is 5.74. The van der Waals surface area contributed by atoms with Gasteiger partial charge in [0.2, 0.25) is 0 Å². The molecule has 0 radical (unpaired) electrons. The number of allylic oxidation sites excluding steroid dienone is 2. The SMILES string of the molecule is CC(C)C1=C(c2ccccc2)CC(N)(C(C)C)C=C1. The van der Waals surface area contributed by atoms with Gasteiger partial charge < -0.3 is 5.73 Å². The summed E-state index contributed by atoms with van der Waals surface area (Å²) >= 11 is 0. The van der Waals surface area contributed by atoms with Crippen LogP contribution in [-0.2, 0) is 0 Å². The van der Waals surface area contributed by atoms with Gasteiger partial charge in [0.25, 0.3) is 0 Å². The molecule has 0 spiro atoms. The van der Waals surface area contributed by atoms with Gasteiger partial charge in [-0.1, -0.05) is 70.2 Å². The summed E-state index contributed by atoms with van der Waals surface area (Å²) in [5.74, 6) is 0.972. The molecule has 1 unspecified atom stereocenters. The van der Waals surface area contributed by atoms with Gasteiger partial charge in [-0.3, -0.25) is 0 Å². The molecule has 2 N–H and O–H groups in total. The molecule has 0 bridgehead atoms. The molecule has 1 aromatic rings. The first kappa shape index (κ1) is 14.1. The average molecular weight is 255 g/mol. The van der Waals surface area contributed by atoms with Gasteiger partial charge in [0.1, 0.15) is 0 Å². The molecule has 2 rings (SSSR count). The minimum absolute atomic E-state index is 0.219. The maximum Gasteiger partial charge on any atom is 0.0406 e. The summed E-state index contributed by atoms with van der Waals surface area (Å²) in [5.41, 5.74) is 10.5. The van der Waals surface area contributed by atoms with Gasteiger partial charge in [-0.05, 0) is 35.0 Å². The van der Waals surface area contributed by atoms with E-state index < -0.39 is 0 Å². The number of nitrogens with two attached hydrogens (primary N) is 1. The number of hydrogen-bond donors (Lipinski definition) is 1. The van der Waals surface area contributed by atoms with Crippen molar-refractivity contribution < 1.29 is 0 Å². The minimum Gasteiger partial charge on any atom is -0.321 e. The van der Waals surface area contributed by atoms with E-state index >= 15 is 0 Å². The van der Waals surface area contributed by atoms with Crippen LogP contribution in [0.15, 0.2) is 48.1 Å². The van der Waals surface area contributed by atoms with Gasteiger partial charge in [-0.25, -0.2) is 0 Å². The minimum atomic E-state index is -0.219. The molecular formula is C18H25N. The first-order chi connectivity index (χ1) is 8.94. The highest BCUT2D eigenvalue weighted by atomic mass is 14.7. The Labute approximate surface area is 117 Å². The van der Waals surface area contributed by atoms with E-state index in [1.165, 1.54) is 16.7 Å². The smallest absolute Gasteiger partial charge is 0.0406 e. The fourth-order valence-corrected chi connectivity index (χ4v) is 2.66. The lowest BCUT2D eigenvalue weighted by Gasteiger charge is -2.36. The van der Waals surface area contributed by atoms with Crippen molar-refractivity contribution >= 4 is 5.57 Å². The summed E-state index contributed by atoms with van der Waals surface area (Å²) in [6.07, 6.45) is 5.38. The fraction of sp³-hybridized carbons (Fsp3) is 0.444. The molecule has 0 aromatic heterocycles. The fourth-order valence-electron chi connectivity index (χ4n) is 2.66. The van der Waals surface area contributed by atoms with E-state index in [0.29, 0.717) is 11.8 Å².